The van der Waals surface area contributed by atoms with Crippen molar-refractivity contribution in [3.63, 3.8) is 0 Å². The molecule has 0 spiro atoms. The summed E-state index contributed by atoms with van der Waals surface area (Å²) in [5.74, 6) is -0.120. The molecule has 1 aliphatic rings. The second-order valence-corrected chi connectivity index (χ2v) is 4.74. The maximum absolute atomic E-state index is 11.1. The van der Waals surface area contributed by atoms with E-state index in [4.69, 9.17) is 9.52 Å². The third-order valence-electron chi connectivity index (χ3n) is 3.51. The summed E-state index contributed by atoms with van der Waals surface area (Å²) in [6.07, 6.45) is 3.74. The summed E-state index contributed by atoms with van der Waals surface area (Å²) in [4.78, 5) is 11.1. The van der Waals surface area contributed by atoms with Gasteiger partial charge in [0.25, 0.3) is 0 Å². The topological polar surface area (TPSA) is 62.5 Å². The quantitative estimate of drug-likeness (QED) is 0.869. The number of carbonyl (C=O) groups is 1. The molecule has 3 rings (SSSR count). The van der Waals surface area contributed by atoms with Crippen molar-refractivity contribution in [2.24, 2.45) is 0 Å². The molecule has 1 aromatic carbocycles. The molecule has 0 radical (unpaired) electrons. The van der Waals surface area contributed by atoms with Crippen LogP contribution in [0.2, 0.25) is 0 Å². The third kappa shape index (κ3) is 1.99. The first-order chi connectivity index (χ1) is 8.74. The summed E-state index contributed by atoms with van der Waals surface area (Å²) < 4.78 is 5.65. The highest BCUT2D eigenvalue weighted by Gasteiger charge is 2.17. The van der Waals surface area contributed by atoms with E-state index in [1.807, 2.05) is 6.07 Å². The number of benzene rings is 1. The maximum atomic E-state index is 11.1. The average Bonchev–Trinajstić information content (AvgIpc) is 2.68. The summed E-state index contributed by atoms with van der Waals surface area (Å²) in [5.41, 5.74) is 0.937. The van der Waals surface area contributed by atoms with Crippen molar-refractivity contribution in [3.8, 4) is 0 Å². The van der Waals surface area contributed by atoms with Crippen LogP contribution in [0.3, 0.4) is 0 Å². The minimum atomic E-state index is -0.917. The monoisotopic (exact) mass is 245 g/mol. The van der Waals surface area contributed by atoms with Gasteiger partial charge < -0.3 is 14.8 Å². The van der Waals surface area contributed by atoms with Crippen LogP contribution < -0.4 is 5.32 Å². The zero-order valence-corrected chi connectivity index (χ0v) is 9.98. The molecule has 2 aromatic rings. The second kappa shape index (κ2) is 4.46. The van der Waals surface area contributed by atoms with Gasteiger partial charge in [0.1, 0.15) is 11.3 Å². The van der Waals surface area contributed by atoms with Crippen LogP contribution in [-0.4, -0.2) is 17.1 Å². The average molecular weight is 245 g/mol. The van der Waals surface area contributed by atoms with Crippen molar-refractivity contribution in [3.05, 3.63) is 35.6 Å². The van der Waals surface area contributed by atoms with Crippen LogP contribution in [0.25, 0.3) is 11.0 Å². The molecule has 1 aliphatic carbocycles. The predicted molar refractivity (Wildman–Crippen MR) is 67.7 cm³/mol. The van der Waals surface area contributed by atoms with E-state index in [-0.39, 0.29) is 0 Å². The maximum Gasteiger partial charge on any atom is 0.336 e. The number of carboxylic acids is 1. The Labute approximate surface area is 105 Å². The van der Waals surface area contributed by atoms with Gasteiger partial charge in [-0.2, -0.15) is 0 Å². The molecule has 0 bridgehead atoms. The Bertz CT molecular complexity index is 584. The van der Waals surface area contributed by atoms with Crippen molar-refractivity contribution >= 4 is 16.9 Å². The van der Waals surface area contributed by atoms with Gasteiger partial charge in [-0.1, -0.05) is 12.5 Å². The van der Waals surface area contributed by atoms with Gasteiger partial charge in [-0.15, -0.1) is 0 Å². The summed E-state index contributed by atoms with van der Waals surface area (Å²) in [6.45, 7) is 0.665. The van der Waals surface area contributed by atoms with E-state index in [1.165, 1.54) is 19.3 Å². The number of carboxylic acid groups (broad SMARTS) is 1. The van der Waals surface area contributed by atoms with Crippen molar-refractivity contribution < 1.29 is 14.3 Å². The highest BCUT2D eigenvalue weighted by molar-refractivity contribution is 6.02. The number of rotatable bonds is 4. The molecular weight excluding hydrogens is 230 g/mol. The molecule has 4 heteroatoms. The molecular formula is C14H15NO3. The molecule has 1 heterocycles. The number of aromatic carboxylic acids is 1. The first-order valence-corrected chi connectivity index (χ1v) is 6.22. The summed E-state index contributed by atoms with van der Waals surface area (Å²) in [6, 6.07) is 7.53. The van der Waals surface area contributed by atoms with Crippen LogP contribution >= 0.6 is 0 Å². The minimum Gasteiger partial charge on any atom is -0.478 e. The van der Waals surface area contributed by atoms with Gasteiger partial charge in [-0.3, -0.25) is 0 Å². The van der Waals surface area contributed by atoms with Crippen molar-refractivity contribution in [2.75, 3.05) is 0 Å². The van der Waals surface area contributed by atoms with Gasteiger partial charge >= 0.3 is 5.97 Å². The van der Waals surface area contributed by atoms with E-state index < -0.39 is 5.97 Å². The highest BCUT2D eigenvalue weighted by atomic mass is 16.4. The van der Waals surface area contributed by atoms with Crippen LogP contribution in [0.5, 0.6) is 0 Å². The molecule has 0 aliphatic heterocycles. The molecule has 1 aromatic heterocycles. The van der Waals surface area contributed by atoms with Gasteiger partial charge in [0.2, 0.25) is 0 Å². The predicted octanol–water partition coefficient (Wildman–Crippen LogP) is 2.77. The van der Waals surface area contributed by atoms with E-state index >= 15 is 0 Å². The van der Waals surface area contributed by atoms with Crippen molar-refractivity contribution in [1.29, 1.82) is 0 Å². The smallest absolute Gasteiger partial charge is 0.336 e. The summed E-state index contributed by atoms with van der Waals surface area (Å²) in [7, 11) is 0. The number of nitrogens with one attached hydrogen (secondary N) is 1. The number of furan rings is 1. The molecule has 18 heavy (non-hydrogen) atoms. The number of hydrogen-bond donors (Lipinski definition) is 2. The van der Waals surface area contributed by atoms with Crippen LogP contribution in [0.15, 0.2) is 28.7 Å². The molecule has 1 fully saturated rings. The Morgan fingerprint density at radius 2 is 2.28 bits per heavy atom. The Morgan fingerprint density at radius 1 is 1.44 bits per heavy atom. The van der Waals surface area contributed by atoms with E-state index in [1.54, 1.807) is 18.2 Å². The fourth-order valence-electron chi connectivity index (χ4n) is 2.24. The molecule has 0 atom stereocenters. The van der Waals surface area contributed by atoms with Gasteiger partial charge in [0.05, 0.1) is 12.1 Å². The lowest BCUT2D eigenvalue weighted by Crippen LogP contribution is -2.34. The standard InChI is InChI=1S/C14H15NO3/c16-14(17)11-5-2-6-13-12(11)7-10(18-13)8-15-9-3-1-4-9/h2,5-7,9,15H,1,3-4,8H2,(H,16,17). The lowest BCUT2D eigenvalue weighted by Gasteiger charge is -2.25. The Balaban J connectivity index is 1.85. The molecule has 94 valence electrons. The largest absolute Gasteiger partial charge is 0.478 e. The van der Waals surface area contributed by atoms with Gasteiger partial charge in [0, 0.05) is 11.4 Å². The van der Waals surface area contributed by atoms with Crippen LogP contribution in [0.4, 0.5) is 0 Å². The van der Waals surface area contributed by atoms with Crippen LogP contribution in [0.1, 0.15) is 35.4 Å². The van der Waals surface area contributed by atoms with E-state index in [2.05, 4.69) is 5.32 Å². The van der Waals surface area contributed by atoms with Gasteiger partial charge in [-0.05, 0) is 31.0 Å². The molecule has 0 amide bonds. The first-order valence-electron chi connectivity index (χ1n) is 6.22. The van der Waals surface area contributed by atoms with Crippen LogP contribution in [0, 0.1) is 0 Å². The zero-order valence-electron chi connectivity index (χ0n) is 9.98. The third-order valence-corrected chi connectivity index (χ3v) is 3.51. The van der Waals surface area contributed by atoms with E-state index in [9.17, 15) is 4.79 Å². The number of fused-ring (bicyclic) bond motifs is 1. The number of hydrogen-bond acceptors (Lipinski definition) is 3. The zero-order chi connectivity index (χ0) is 12.5. The van der Waals surface area contributed by atoms with Crippen molar-refractivity contribution in [1.82, 2.24) is 5.32 Å². The fraction of sp³-hybridized carbons (Fsp3) is 0.357. The Hall–Kier alpha value is -1.81. The molecule has 0 unspecified atom stereocenters. The normalized spacial score (nSPS) is 15.8. The molecule has 2 N–H and O–H groups in total. The highest BCUT2D eigenvalue weighted by Crippen LogP contribution is 2.24. The van der Waals surface area contributed by atoms with E-state index in [0.717, 1.165) is 5.76 Å². The van der Waals surface area contributed by atoms with Crippen LogP contribution in [-0.2, 0) is 6.54 Å². The fourth-order valence-corrected chi connectivity index (χ4v) is 2.24. The van der Waals surface area contributed by atoms with E-state index in [0.29, 0.717) is 29.1 Å². The van der Waals surface area contributed by atoms with Gasteiger partial charge in [-0.25, -0.2) is 4.79 Å². The Morgan fingerprint density at radius 3 is 2.94 bits per heavy atom. The minimum absolute atomic E-state index is 0.297. The molecule has 4 nitrogen and oxygen atoms in total. The second-order valence-electron chi connectivity index (χ2n) is 4.74. The Kier molecular flexibility index (Phi) is 2.80. The van der Waals surface area contributed by atoms with Gasteiger partial charge in [0.15, 0.2) is 0 Å². The lowest BCUT2D eigenvalue weighted by molar-refractivity contribution is 0.0699. The molecule has 1 saturated carbocycles. The SMILES string of the molecule is O=C(O)c1cccc2oc(CNC3CCC3)cc12. The first kappa shape index (κ1) is 11.3. The van der Waals surface area contributed by atoms with Crippen molar-refractivity contribution in [2.45, 2.75) is 31.8 Å². The lowest BCUT2D eigenvalue weighted by atomic mass is 9.93. The summed E-state index contributed by atoms with van der Waals surface area (Å²) in [5, 5.41) is 13.2. The summed E-state index contributed by atoms with van der Waals surface area (Å²) >= 11 is 0. The molecule has 0 saturated heterocycles.